The fourth-order valence-corrected chi connectivity index (χ4v) is 3.82. The van der Waals surface area contributed by atoms with Crippen molar-refractivity contribution < 1.29 is 4.74 Å². The van der Waals surface area contributed by atoms with Crippen molar-refractivity contribution in [3.63, 3.8) is 0 Å². The van der Waals surface area contributed by atoms with Gasteiger partial charge in [0.1, 0.15) is 0 Å². The van der Waals surface area contributed by atoms with E-state index in [2.05, 4.69) is 16.7 Å². The monoisotopic (exact) mass is 269 g/mol. The molecule has 19 heavy (non-hydrogen) atoms. The molecule has 2 rings (SSSR count). The summed E-state index contributed by atoms with van der Waals surface area (Å²) >= 11 is 0. The minimum Gasteiger partial charge on any atom is -0.384 e. The number of nitrogens with zero attached hydrogens (tertiary/aromatic N) is 2. The summed E-state index contributed by atoms with van der Waals surface area (Å²) < 4.78 is 5.29. The molecule has 1 saturated heterocycles. The first-order valence-electron chi connectivity index (χ1n) is 7.93. The molecule has 0 aromatic rings. The van der Waals surface area contributed by atoms with E-state index < -0.39 is 0 Å². The third-order valence-electron chi connectivity index (χ3n) is 4.99. The van der Waals surface area contributed by atoms with Gasteiger partial charge in [-0.25, -0.2) is 0 Å². The molecular weight excluding hydrogens is 238 g/mol. The van der Waals surface area contributed by atoms with Crippen molar-refractivity contribution in [2.45, 2.75) is 44.7 Å². The van der Waals surface area contributed by atoms with Crippen molar-refractivity contribution in [1.82, 2.24) is 9.80 Å². The molecule has 4 nitrogen and oxygen atoms in total. The lowest BCUT2D eigenvalue weighted by Gasteiger charge is -2.43. The summed E-state index contributed by atoms with van der Waals surface area (Å²) in [5.74, 6) is 0.521. The summed E-state index contributed by atoms with van der Waals surface area (Å²) in [6.45, 7) is 8.60. The fraction of sp³-hybridized carbons (Fsp3) is 1.00. The highest BCUT2D eigenvalue weighted by Crippen LogP contribution is 2.25. The van der Waals surface area contributed by atoms with Gasteiger partial charge in [-0.05, 0) is 18.8 Å². The molecule has 2 N–H and O–H groups in total. The average molecular weight is 269 g/mol. The molecule has 4 heteroatoms. The van der Waals surface area contributed by atoms with E-state index >= 15 is 0 Å². The molecule has 112 valence electrons. The van der Waals surface area contributed by atoms with E-state index in [0.29, 0.717) is 12.0 Å². The Kier molecular flexibility index (Phi) is 6.07. The van der Waals surface area contributed by atoms with Gasteiger partial charge in [0, 0.05) is 51.9 Å². The predicted octanol–water partition coefficient (Wildman–Crippen LogP) is 1.16. The van der Waals surface area contributed by atoms with Crippen molar-refractivity contribution in [1.29, 1.82) is 0 Å². The molecule has 0 bridgehead atoms. The summed E-state index contributed by atoms with van der Waals surface area (Å²) in [6.07, 6.45) is 5.70. The lowest BCUT2D eigenvalue weighted by atomic mass is 10.00. The number of nitrogens with two attached hydrogens (primary N) is 1. The van der Waals surface area contributed by atoms with E-state index in [-0.39, 0.29) is 0 Å². The Morgan fingerprint density at radius 3 is 2.32 bits per heavy atom. The maximum absolute atomic E-state index is 5.98. The standard InChI is InChI=1S/C15H31N3O/c1-13(12-19-2)15(11-16)18-9-7-17(8-10-18)14-5-3-4-6-14/h13-15H,3-12,16H2,1-2H3. The van der Waals surface area contributed by atoms with Crippen LogP contribution in [-0.4, -0.2) is 68.3 Å². The second kappa shape index (κ2) is 7.58. The largest absolute Gasteiger partial charge is 0.384 e. The second-order valence-electron chi connectivity index (χ2n) is 6.25. The van der Waals surface area contributed by atoms with Crippen LogP contribution in [0.3, 0.4) is 0 Å². The zero-order valence-electron chi connectivity index (χ0n) is 12.7. The highest BCUT2D eigenvalue weighted by Gasteiger charge is 2.30. The number of methoxy groups -OCH3 is 1. The molecule has 2 fully saturated rings. The van der Waals surface area contributed by atoms with Gasteiger partial charge in [0.05, 0.1) is 6.61 Å². The first kappa shape index (κ1) is 15.2. The molecule has 1 aliphatic carbocycles. The third kappa shape index (κ3) is 3.91. The van der Waals surface area contributed by atoms with E-state index in [1.54, 1.807) is 7.11 Å². The molecular formula is C15H31N3O. The lowest BCUT2D eigenvalue weighted by molar-refractivity contribution is 0.0355. The van der Waals surface area contributed by atoms with Crippen molar-refractivity contribution in [3.05, 3.63) is 0 Å². The molecule has 0 aromatic heterocycles. The molecule has 1 saturated carbocycles. The van der Waals surface area contributed by atoms with Crippen molar-refractivity contribution in [3.8, 4) is 0 Å². The van der Waals surface area contributed by atoms with Gasteiger partial charge in [-0.3, -0.25) is 9.80 Å². The normalized spacial score (nSPS) is 26.7. The Bertz CT molecular complexity index is 248. The predicted molar refractivity (Wildman–Crippen MR) is 79.3 cm³/mol. The number of piperazine rings is 1. The molecule has 2 atom stereocenters. The van der Waals surface area contributed by atoms with Gasteiger partial charge in [0.15, 0.2) is 0 Å². The van der Waals surface area contributed by atoms with Gasteiger partial charge in [0.2, 0.25) is 0 Å². The number of ether oxygens (including phenoxy) is 1. The maximum Gasteiger partial charge on any atom is 0.0503 e. The Labute approximate surface area is 118 Å². The van der Waals surface area contributed by atoms with Crippen LogP contribution in [0.2, 0.25) is 0 Å². The van der Waals surface area contributed by atoms with Crippen LogP contribution in [0.5, 0.6) is 0 Å². The van der Waals surface area contributed by atoms with Gasteiger partial charge in [-0.15, -0.1) is 0 Å². The summed E-state index contributed by atoms with van der Waals surface area (Å²) in [7, 11) is 1.78. The minimum atomic E-state index is 0.477. The molecule has 0 radical (unpaired) electrons. The fourth-order valence-electron chi connectivity index (χ4n) is 3.82. The number of hydrogen-bond acceptors (Lipinski definition) is 4. The summed E-state index contributed by atoms with van der Waals surface area (Å²) in [5.41, 5.74) is 5.98. The molecule has 2 unspecified atom stereocenters. The van der Waals surface area contributed by atoms with Gasteiger partial charge in [-0.1, -0.05) is 19.8 Å². The highest BCUT2D eigenvalue weighted by atomic mass is 16.5. The van der Waals surface area contributed by atoms with Crippen LogP contribution in [0.4, 0.5) is 0 Å². The van der Waals surface area contributed by atoms with Gasteiger partial charge >= 0.3 is 0 Å². The van der Waals surface area contributed by atoms with Crippen LogP contribution in [0.1, 0.15) is 32.6 Å². The Balaban J connectivity index is 1.80. The Hall–Kier alpha value is -0.160. The average Bonchev–Trinajstić information content (AvgIpc) is 2.95. The minimum absolute atomic E-state index is 0.477. The van der Waals surface area contributed by atoms with Crippen LogP contribution in [0, 0.1) is 5.92 Å². The van der Waals surface area contributed by atoms with Crippen LogP contribution < -0.4 is 5.73 Å². The summed E-state index contributed by atoms with van der Waals surface area (Å²) in [4.78, 5) is 5.28. The van der Waals surface area contributed by atoms with Gasteiger partial charge in [0.25, 0.3) is 0 Å². The molecule has 0 spiro atoms. The van der Waals surface area contributed by atoms with Gasteiger partial charge in [-0.2, -0.15) is 0 Å². The molecule has 2 aliphatic rings. The maximum atomic E-state index is 5.98. The van der Waals surface area contributed by atoms with Crippen molar-refractivity contribution in [2.24, 2.45) is 11.7 Å². The molecule has 1 heterocycles. The lowest BCUT2D eigenvalue weighted by Crippen LogP contribution is -2.56. The Morgan fingerprint density at radius 2 is 1.79 bits per heavy atom. The summed E-state index contributed by atoms with van der Waals surface area (Å²) in [6, 6.07) is 1.35. The van der Waals surface area contributed by atoms with E-state index in [0.717, 1.165) is 19.2 Å². The second-order valence-corrected chi connectivity index (χ2v) is 6.25. The molecule has 1 aliphatic heterocycles. The number of rotatable bonds is 6. The van der Waals surface area contributed by atoms with E-state index in [9.17, 15) is 0 Å². The SMILES string of the molecule is COCC(C)C(CN)N1CCN(C2CCCC2)CC1. The van der Waals surface area contributed by atoms with Crippen LogP contribution >= 0.6 is 0 Å². The van der Waals surface area contributed by atoms with Gasteiger partial charge < -0.3 is 10.5 Å². The molecule has 0 amide bonds. The van der Waals surface area contributed by atoms with Crippen LogP contribution in [0.15, 0.2) is 0 Å². The van der Waals surface area contributed by atoms with E-state index in [1.165, 1.54) is 51.9 Å². The van der Waals surface area contributed by atoms with Crippen molar-refractivity contribution in [2.75, 3.05) is 46.4 Å². The quantitative estimate of drug-likeness (QED) is 0.785. The topological polar surface area (TPSA) is 41.7 Å². The third-order valence-corrected chi connectivity index (χ3v) is 4.99. The van der Waals surface area contributed by atoms with Crippen molar-refractivity contribution >= 4 is 0 Å². The number of hydrogen-bond donors (Lipinski definition) is 1. The first-order chi connectivity index (χ1) is 9.26. The Morgan fingerprint density at radius 1 is 1.16 bits per heavy atom. The van der Waals surface area contributed by atoms with Crippen LogP contribution in [0.25, 0.3) is 0 Å². The first-order valence-corrected chi connectivity index (χ1v) is 7.93. The zero-order valence-corrected chi connectivity index (χ0v) is 12.7. The van der Waals surface area contributed by atoms with E-state index in [4.69, 9.17) is 10.5 Å². The zero-order chi connectivity index (χ0) is 13.7. The molecule has 0 aromatic carbocycles. The highest BCUT2D eigenvalue weighted by molar-refractivity contribution is 4.86. The summed E-state index contributed by atoms with van der Waals surface area (Å²) in [5, 5.41) is 0. The van der Waals surface area contributed by atoms with E-state index in [1.807, 2.05) is 0 Å². The smallest absolute Gasteiger partial charge is 0.0503 e. The van der Waals surface area contributed by atoms with Crippen LogP contribution in [-0.2, 0) is 4.74 Å².